The minimum Gasteiger partial charge on any atom is -0.477 e. The molecule has 120 valence electrons. The van der Waals surface area contributed by atoms with Crippen LogP contribution >= 0.6 is 0 Å². The zero-order chi connectivity index (χ0) is 16.4. The first-order valence-corrected chi connectivity index (χ1v) is 8.12. The van der Waals surface area contributed by atoms with Gasteiger partial charge in [0.15, 0.2) is 0 Å². The molecule has 3 nitrogen and oxygen atoms in total. The number of nitrogens with zero attached hydrogens (tertiary/aromatic N) is 2. The summed E-state index contributed by atoms with van der Waals surface area (Å²) in [6, 6.07) is 6.70. The second-order valence-electron chi connectivity index (χ2n) is 6.05. The molecule has 0 saturated carbocycles. The molecule has 0 atom stereocenters. The van der Waals surface area contributed by atoms with Gasteiger partial charge in [-0.05, 0) is 36.6 Å². The Bertz CT molecular complexity index is 846. The van der Waals surface area contributed by atoms with Crippen LogP contribution in [0.25, 0.3) is 21.7 Å². The topological polar surface area (TPSA) is 35.0 Å². The van der Waals surface area contributed by atoms with E-state index >= 15 is 0 Å². The van der Waals surface area contributed by atoms with Crippen molar-refractivity contribution in [1.29, 1.82) is 0 Å². The van der Waals surface area contributed by atoms with Gasteiger partial charge in [-0.15, -0.1) is 0 Å². The lowest BCUT2D eigenvalue weighted by molar-refractivity contribution is 0.302. The Morgan fingerprint density at radius 1 is 1.17 bits per heavy atom. The summed E-state index contributed by atoms with van der Waals surface area (Å²) >= 11 is 0. The molecule has 1 aromatic carbocycles. The Labute approximate surface area is 135 Å². The zero-order valence-corrected chi connectivity index (χ0v) is 13.8. The van der Waals surface area contributed by atoms with Crippen LogP contribution < -0.4 is 4.74 Å². The highest BCUT2D eigenvalue weighted by Crippen LogP contribution is 2.34. The maximum absolute atomic E-state index is 13.9. The third-order valence-electron chi connectivity index (χ3n) is 3.95. The van der Waals surface area contributed by atoms with E-state index in [1.54, 1.807) is 18.3 Å². The predicted octanol–water partition coefficient (Wildman–Crippen LogP) is 5.22. The Balaban J connectivity index is 2.30. The molecule has 4 heteroatoms. The third kappa shape index (κ3) is 2.98. The number of hydrogen-bond donors (Lipinski definition) is 0. The summed E-state index contributed by atoms with van der Waals surface area (Å²) in [5, 5.41) is 2.57. The average molecular weight is 312 g/mol. The van der Waals surface area contributed by atoms with Crippen molar-refractivity contribution in [2.45, 2.75) is 39.5 Å². The molecule has 0 spiro atoms. The summed E-state index contributed by atoms with van der Waals surface area (Å²) in [5.74, 6) is 0.530. The standard InChI is InChI=1S/C19H21FN2O/c1-4-5-10-23-19-17-15-11-13(20)6-7-14(15)18(12(2)3)22-16(17)8-9-21-19/h6-9,11-12H,4-5,10H2,1-3H3. The Morgan fingerprint density at radius 2 is 2.00 bits per heavy atom. The smallest absolute Gasteiger partial charge is 0.223 e. The first-order chi connectivity index (χ1) is 11.1. The van der Waals surface area contributed by atoms with Crippen LogP contribution in [-0.4, -0.2) is 16.6 Å². The molecular formula is C19H21FN2O. The Hall–Kier alpha value is -2.23. The number of ether oxygens (including phenoxy) is 1. The summed E-state index contributed by atoms with van der Waals surface area (Å²) in [4.78, 5) is 9.13. The van der Waals surface area contributed by atoms with Crippen LogP contribution in [0.1, 0.15) is 45.2 Å². The van der Waals surface area contributed by atoms with Crippen LogP contribution in [0, 0.1) is 5.82 Å². The molecular weight excluding hydrogens is 291 g/mol. The quantitative estimate of drug-likeness (QED) is 0.478. The van der Waals surface area contributed by atoms with Gasteiger partial charge in [-0.3, -0.25) is 4.98 Å². The van der Waals surface area contributed by atoms with Crippen molar-refractivity contribution in [1.82, 2.24) is 9.97 Å². The summed E-state index contributed by atoms with van der Waals surface area (Å²) in [7, 11) is 0. The lowest BCUT2D eigenvalue weighted by Gasteiger charge is -2.14. The van der Waals surface area contributed by atoms with Crippen LogP contribution in [0.15, 0.2) is 30.5 Å². The number of benzene rings is 1. The average Bonchev–Trinajstić information content (AvgIpc) is 2.54. The molecule has 0 aliphatic carbocycles. The van der Waals surface area contributed by atoms with Gasteiger partial charge in [0, 0.05) is 17.0 Å². The fourth-order valence-electron chi connectivity index (χ4n) is 2.78. The fraction of sp³-hybridized carbons (Fsp3) is 0.368. The molecule has 0 aliphatic rings. The summed E-state index contributed by atoms with van der Waals surface area (Å²) in [6.45, 7) is 6.90. The van der Waals surface area contributed by atoms with Crippen molar-refractivity contribution >= 4 is 21.7 Å². The van der Waals surface area contributed by atoms with E-state index in [2.05, 4.69) is 25.8 Å². The lowest BCUT2D eigenvalue weighted by Crippen LogP contribution is -2.02. The van der Waals surface area contributed by atoms with Crippen molar-refractivity contribution in [2.24, 2.45) is 0 Å². The van der Waals surface area contributed by atoms with Gasteiger partial charge < -0.3 is 4.74 Å². The minimum absolute atomic E-state index is 0.255. The largest absolute Gasteiger partial charge is 0.477 e. The normalized spacial score (nSPS) is 11.5. The molecule has 3 rings (SSSR count). The Kier molecular flexibility index (Phi) is 4.42. The number of pyridine rings is 2. The molecule has 0 unspecified atom stereocenters. The Morgan fingerprint density at radius 3 is 2.74 bits per heavy atom. The van der Waals surface area contributed by atoms with Gasteiger partial charge in [0.1, 0.15) is 5.82 Å². The van der Waals surface area contributed by atoms with E-state index in [1.807, 2.05) is 6.07 Å². The molecule has 0 N–H and O–H groups in total. The van der Waals surface area contributed by atoms with Crippen molar-refractivity contribution in [3.8, 4) is 5.88 Å². The van der Waals surface area contributed by atoms with E-state index in [0.29, 0.717) is 12.5 Å². The lowest BCUT2D eigenvalue weighted by atomic mass is 9.99. The monoisotopic (exact) mass is 312 g/mol. The fourth-order valence-corrected chi connectivity index (χ4v) is 2.78. The molecule has 2 heterocycles. The molecule has 0 amide bonds. The minimum atomic E-state index is -0.261. The third-order valence-corrected chi connectivity index (χ3v) is 3.95. The summed E-state index contributed by atoms with van der Waals surface area (Å²) in [6.07, 6.45) is 3.71. The van der Waals surface area contributed by atoms with Gasteiger partial charge in [-0.2, -0.15) is 0 Å². The molecule has 3 aromatic rings. The highest BCUT2D eigenvalue weighted by atomic mass is 19.1. The maximum Gasteiger partial charge on any atom is 0.223 e. The van der Waals surface area contributed by atoms with Gasteiger partial charge >= 0.3 is 0 Å². The number of halogens is 1. The second-order valence-corrected chi connectivity index (χ2v) is 6.05. The second kappa shape index (κ2) is 6.49. The molecule has 0 radical (unpaired) electrons. The van der Waals surface area contributed by atoms with E-state index in [0.717, 1.165) is 40.2 Å². The number of unbranched alkanes of at least 4 members (excludes halogenated alkanes) is 1. The predicted molar refractivity (Wildman–Crippen MR) is 91.5 cm³/mol. The number of aromatic nitrogens is 2. The van der Waals surface area contributed by atoms with Gasteiger partial charge in [0.2, 0.25) is 5.88 Å². The van der Waals surface area contributed by atoms with Crippen LogP contribution in [0.4, 0.5) is 4.39 Å². The van der Waals surface area contributed by atoms with E-state index in [4.69, 9.17) is 9.72 Å². The maximum atomic E-state index is 13.9. The first-order valence-electron chi connectivity index (χ1n) is 8.12. The van der Waals surface area contributed by atoms with Crippen molar-refractivity contribution < 1.29 is 9.13 Å². The molecule has 23 heavy (non-hydrogen) atoms. The van der Waals surface area contributed by atoms with E-state index in [1.165, 1.54) is 6.07 Å². The van der Waals surface area contributed by atoms with Crippen molar-refractivity contribution in [2.75, 3.05) is 6.61 Å². The van der Waals surface area contributed by atoms with E-state index < -0.39 is 0 Å². The summed E-state index contributed by atoms with van der Waals surface area (Å²) in [5.41, 5.74) is 1.77. The van der Waals surface area contributed by atoms with Crippen LogP contribution in [0.5, 0.6) is 5.88 Å². The van der Waals surface area contributed by atoms with Gasteiger partial charge in [0.25, 0.3) is 0 Å². The summed E-state index contributed by atoms with van der Waals surface area (Å²) < 4.78 is 19.7. The van der Waals surface area contributed by atoms with E-state index in [9.17, 15) is 4.39 Å². The van der Waals surface area contributed by atoms with Crippen LogP contribution in [0.3, 0.4) is 0 Å². The van der Waals surface area contributed by atoms with Gasteiger partial charge in [-0.1, -0.05) is 27.2 Å². The van der Waals surface area contributed by atoms with Gasteiger partial charge in [-0.25, -0.2) is 9.37 Å². The van der Waals surface area contributed by atoms with Crippen molar-refractivity contribution in [3.05, 3.63) is 42.0 Å². The SMILES string of the molecule is CCCCOc1nccc2nc(C(C)C)c3ccc(F)cc3c12. The highest BCUT2D eigenvalue weighted by Gasteiger charge is 2.15. The van der Waals surface area contributed by atoms with Gasteiger partial charge in [0.05, 0.1) is 23.2 Å². The number of hydrogen-bond acceptors (Lipinski definition) is 3. The molecule has 2 aromatic heterocycles. The van der Waals surface area contributed by atoms with Crippen LogP contribution in [-0.2, 0) is 0 Å². The molecule has 0 bridgehead atoms. The highest BCUT2D eigenvalue weighted by molar-refractivity contribution is 6.09. The van der Waals surface area contributed by atoms with E-state index in [-0.39, 0.29) is 11.7 Å². The molecule has 0 aliphatic heterocycles. The van der Waals surface area contributed by atoms with Crippen molar-refractivity contribution in [3.63, 3.8) is 0 Å². The first kappa shape index (κ1) is 15.7. The molecule has 0 fully saturated rings. The number of rotatable bonds is 5. The molecule has 0 saturated heterocycles. The van der Waals surface area contributed by atoms with Crippen LogP contribution in [0.2, 0.25) is 0 Å². The zero-order valence-electron chi connectivity index (χ0n) is 13.8. The number of fused-ring (bicyclic) bond motifs is 3.